The zero-order valence-corrected chi connectivity index (χ0v) is 21.2. The van der Waals surface area contributed by atoms with Gasteiger partial charge < -0.3 is 37.5 Å². The SMILES string of the molecule is CCC(C)C(N)C(=O)NC(CC(C)C)C(=O)NC(CCC(N)=O)C(=O)NC(Cc1cnc[nH]1)C(=O)O. The van der Waals surface area contributed by atoms with Gasteiger partial charge in [0.2, 0.25) is 23.6 Å². The molecule has 5 atom stereocenters. The molecule has 0 fully saturated rings. The van der Waals surface area contributed by atoms with E-state index >= 15 is 0 Å². The van der Waals surface area contributed by atoms with Crippen LogP contribution in [0.15, 0.2) is 12.5 Å². The summed E-state index contributed by atoms with van der Waals surface area (Å²) < 4.78 is 0. The first kappa shape index (κ1) is 30.6. The summed E-state index contributed by atoms with van der Waals surface area (Å²) >= 11 is 0. The van der Waals surface area contributed by atoms with Crippen LogP contribution in [-0.4, -0.2) is 68.8 Å². The van der Waals surface area contributed by atoms with Gasteiger partial charge in [-0.25, -0.2) is 9.78 Å². The molecular formula is C23H39N7O6. The Morgan fingerprint density at radius 3 is 2.08 bits per heavy atom. The topological polar surface area (TPSA) is 222 Å². The molecule has 0 bridgehead atoms. The fraction of sp³-hybridized carbons (Fsp3) is 0.652. The Bertz CT molecular complexity index is 890. The zero-order chi connectivity index (χ0) is 27.4. The van der Waals surface area contributed by atoms with Crippen LogP contribution in [0, 0.1) is 11.8 Å². The molecule has 0 saturated heterocycles. The molecule has 0 aliphatic rings. The highest BCUT2D eigenvalue weighted by Gasteiger charge is 2.31. The maximum atomic E-state index is 13.1. The van der Waals surface area contributed by atoms with Crippen molar-refractivity contribution in [2.24, 2.45) is 23.3 Å². The van der Waals surface area contributed by atoms with Gasteiger partial charge in [0.05, 0.1) is 12.4 Å². The van der Waals surface area contributed by atoms with Crippen molar-refractivity contribution in [2.75, 3.05) is 0 Å². The first-order valence-electron chi connectivity index (χ1n) is 12.0. The van der Waals surface area contributed by atoms with Crippen molar-refractivity contribution < 1.29 is 29.1 Å². The second-order valence-electron chi connectivity index (χ2n) is 9.35. The summed E-state index contributed by atoms with van der Waals surface area (Å²) in [6.45, 7) is 7.46. The summed E-state index contributed by atoms with van der Waals surface area (Å²) in [5.74, 6) is -4.02. The van der Waals surface area contributed by atoms with Crippen molar-refractivity contribution in [3.63, 3.8) is 0 Å². The van der Waals surface area contributed by atoms with E-state index in [2.05, 4.69) is 25.9 Å². The molecule has 1 rings (SSSR count). The van der Waals surface area contributed by atoms with E-state index in [1.54, 1.807) is 0 Å². The van der Waals surface area contributed by atoms with Crippen LogP contribution in [0.4, 0.5) is 0 Å². The van der Waals surface area contributed by atoms with Gasteiger partial charge >= 0.3 is 5.97 Å². The molecule has 0 aromatic carbocycles. The number of aromatic nitrogens is 2. The minimum Gasteiger partial charge on any atom is -0.480 e. The number of carbonyl (C=O) groups is 5. The second kappa shape index (κ2) is 14.8. The third-order valence-corrected chi connectivity index (χ3v) is 5.81. The molecule has 36 heavy (non-hydrogen) atoms. The molecule has 202 valence electrons. The van der Waals surface area contributed by atoms with Gasteiger partial charge in [-0.05, 0) is 24.7 Å². The highest BCUT2D eigenvalue weighted by atomic mass is 16.4. The van der Waals surface area contributed by atoms with Crippen molar-refractivity contribution in [2.45, 2.75) is 84.0 Å². The summed E-state index contributed by atoms with van der Waals surface area (Å²) in [5.41, 5.74) is 11.7. The summed E-state index contributed by atoms with van der Waals surface area (Å²) in [4.78, 5) is 68.3. The van der Waals surface area contributed by atoms with Gasteiger partial charge in [0.1, 0.15) is 18.1 Å². The number of hydrogen-bond acceptors (Lipinski definition) is 7. The second-order valence-corrected chi connectivity index (χ2v) is 9.35. The maximum Gasteiger partial charge on any atom is 0.326 e. The van der Waals surface area contributed by atoms with Gasteiger partial charge in [0.25, 0.3) is 0 Å². The lowest BCUT2D eigenvalue weighted by Crippen LogP contribution is -2.58. The van der Waals surface area contributed by atoms with Crippen molar-refractivity contribution in [1.29, 1.82) is 0 Å². The van der Waals surface area contributed by atoms with Crippen LogP contribution in [0.1, 0.15) is 59.1 Å². The fourth-order valence-corrected chi connectivity index (χ4v) is 3.40. The van der Waals surface area contributed by atoms with E-state index in [-0.39, 0.29) is 37.5 Å². The maximum absolute atomic E-state index is 13.1. The van der Waals surface area contributed by atoms with Gasteiger partial charge in [-0.3, -0.25) is 19.2 Å². The number of carbonyl (C=O) groups excluding carboxylic acids is 4. The molecule has 13 nitrogen and oxygen atoms in total. The number of H-pyrrole nitrogens is 1. The van der Waals surface area contributed by atoms with E-state index in [9.17, 15) is 29.1 Å². The number of nitrogens with zero attached hydrogens (tertiary/aromatic N) is 1. The lowest BCUT2D eigenvalue weighted by molar-refractivity contribution is -0.142. The zero-order valence-electron chi connectivity index (χ0n) is 21.2. The van der Waals surface area contributed by atoms with Crippen molar-refractivity contribution in [1.82, 2.24) is 25.9 Å². The molecule has 1 aromatic rings. The molecular weight excluding hydrogens is 470 g/mol. The Labute approximate surface area is 210 Å². The predicted octanol–water partition coefficient (Wildman–Crippen LogP) is -0.824. The highest BCUT2D eigenvalue weighted by molar-refractivity contribution is 5.94. The molecule has 0 aliphatic carbocycles. The molecule has 0 radical (unpaired) electrons. The highest BCUT2D eigenvalue weighted by Crippen LogP contribution is 2.10. The number of carboxylic acids is 1. The summed E-state index contributed by atoms with van der Waals surface area (Å²) in [5, 5.41) is 17.1. The summed E-state index contributed by atoms with van der Waals surface area (Å²) in [6.07, 6.45) is 3.30. The molecule has 9 N–H and O–H groups in total. The number of hydrogen-bond donors (Lipinski definition) is 7. The van der Waals surface area contributed by atoms with E-state index in [1.165, 1.54) is 12.5 Å². The smallest absolute Gasteiger partial charge is 0.326 e. The Kier molecular flexibility index (Phi) is 12.6. The third-order valence-electron chi connectivity index (χ3n) is 5.81. The predicted molar refractivity (Wildman–Crippen MR) is 131 cm³/mol. The Morgan fingerprint density at radius 1 is 1.00 bits per heavy atom. The molecule has 0 aliphatic heterocycles. The van der Waals surface area contributed by atoms with Gasteiger partial charge in [-0.2, -0.15) is 0 Å². The quantitative estimate of drug-likeness (QED) is 0.149. The number of nitrogens with two attached hydrogens (primary N) is 2. The average molecular weight is 510 g/mol. The van der Waals surface area contributed by atoms with Crippen LogP contribution in [-0.2, 0) is 30.4 Å². The Balaban J connectivity index is 3.03. The molecule has 13 heteroatoms. The fourth-order valence-electron chi connectivity index (χ4n) is 3.40. The van der Waals surface area contributed by atoms with E-state index < -0.39 is 53.8 Å². The Hall–Kier alpha value is -3.48. The van der Waals surface area contributed by atoms with Gasteiger partial charge in [-0.15, -0.1) is 0 Å². The van der Waals surface area contributed by atoms with Crippen molar-refractivity contribution in [3.8, 4) is 0 Å². The third kappa shape index (κ3) is 10.4. The largest absolute Gasteiger partial charge is 0.480 e. The lowest BCUT2D eigenvalue weighted by atomic mass is 9.97. The minimum absolute atomic E-state index is 0.0181. The molecule has 5 unspecified atom stereocenters. The number of nitrogens with one attached hydrogen (secondary N) is 4. The van der Waals surface area contributed by atoms with Crippen LogP contribution < -0.4 is 27.4 Å². The average Bonchev–Trinajstić information content (AvgIpc) is 3.32. The van der Waals surface area contributed by atoms with E-state index in [0.29, 0.717) is 12.1 Å². The van der Waals surface area contributed by atoms with Crippen LogP contribution >= 0.6 is 0 Å². The van der Waals surface area contributed by atoms with Gasteiger partial charge in [0.15, 0.2) is 0 Å². The van der Waals surface area contributed by atoms with Crippen LogP contribution in [0.5, 0.6) is 0 Å². The summed E-state index contributed by atoms with van der Waals surface area (Å²) in [6, 6.07) is -4.38. The normalized spacial score (nSPS) is 15.3. The molecule has 1 aromatic heterocycles. The van der Waals surface area contributed by atoms with Crippen LogP contribution in [0.3, 0.4) is 0 Å². The first-order chi connectivity index (χ1) is 16.8. The van der Waals surface area contributed by atoms with Crippen LogP contribution in [0.25, 0.3) is 0 Å². The number of aromatic amines is 1. The number of primary amides is 1. The van der Waals surface area contributed by atoms with E-state index in [4.69, 9.17) is 11.5 Å². The summed E-state index contributed by atoms with van der Waals surface area (Å²) in [7, 11) is 0. The molecule has 0 spiro atoms. The number of carboxylic acid groups (broad SMARTS) is 1. The Morgan fingerprint density at radius 2 is 1.58 bits per heavy atom. The monoisotopic (exact) mass is 509 g/mol. The van der Waals surface area contributed by atoms with Gasteiger partial charge in [-0.1, -0.05) is 34.1 Å². The van der Waals surface area contributed by atoms with E-state index in [1.807, 2.05) is 27.7 Å². The van der Waals surface area contributed by atoms with Crippen LogP contribution in [0.2, 0.25) is 0 Å². The van der Waals surface area contributed by atoms with E-state index in [0.717, 1.165) is 0 Å². The van der Waals surface area contributed by atoms with Crippen molar-refractivity contribution in [3.05, 3.63) is 18.2 Å². The lowest BCUT2D eigenvalue weighted by Gasteiger charge is -2.26. The van der Waals surface area contributed by atoms with Gasteiger partial charge in [0, 0.05) is 24.7 Å². The standard InChI is InChI=1S/C23H39N7O6/c1-5-13(4)19(25)22(34)29-16(8-12(2)3)21(33)28-15(6-7-18(24)31)20(32)30-17(23(35)36)9-14-10-26-11-27-14/h10-13,15-17,19H,5-9,25H2,1-4H3,(H2,24,31)(H,26,27)(H,28,33)(H,29,34)(H,30,32)(H,35,36). The number of aliphatic carboxylic acids is 1. The minimum atomic E-state index is -1.31. The first-order valence-corrected chi connectivity index (χ1v) is 12.0. The van der Waals surface area contributed by atoms with Crippen molar-refractivity contribution >= 4 is 29.6 Å². The molecule has 4 amide bonds. The number of rotatable bonds is 16. The molecule has 0 saturated carbocycles. The number of amides is 4. The number of imidazole rings is 1. The molecule has 1 heterocycles.